The van der Waals surface area contributed by atoms with Gasteiger partial charge < -0.3 is 4.90 Å². The molecule has 7 heteroatoms. The second-order valence-electron chi connectivity index (χ2n) is 8.47. The van der Waals surface area contributed by atoms with E-state index in [-0.39, 0.29) is 12.4 Å². The van der Waals surface area contributed by atoms with Crippen LogP contribution in [-0.4, -0.2) is 51.3 Å². The second-order valence-corrected chi connectivity index (χ2v) is 8.47. The first-order chi connectivity index (χ1) is 13.7. The number of aromatic nitrogens is 4. The average Bonchev–Trinajstić information content (AvgIpc) is 3.40. The van der Waals surface area contributed by atoms with E-state index in [1.165, 1.54) is 42.5 Å². The van der Waals surface area contributed by atoms with Crippen LogP contribution in [0.4, 0.5) is 5.69 Å². The van der Waals surface area contributed by atoms with Gasteiger partial charge in [0, 0.05) is 31.9 Å². The molecule has 6 nitrogen and oxygen atoms in total. The van der Waals surface area contributed by atoms with Gasteiger partial charge in [-0.25, -0.2) is 4.68 Å². The molecule has 1 unspecified atom stereocenters. The number of hydrogen-bond donors (Lipinski definition) is 0. The molecule has 1 aromatic heterocycles. The molecule has 0 amide bonds. The average molecular weight is 419 g/mol. The molecule has 1 aliphatic carbocycles. The van der Waals surface area contributed by atoms with Crippen molar-refractivity contribution in [2.24, 2.45) is 0 Å². The van der Waals surface area contributed by atoms with Gasteiger partial charge in [-0.3, -0.25) is 4.90 Å². The topological polar surface area (TPSA) is 50.1 Å². The first-order valence-corrected chi connectivity index (χ1v) is 11.0. The van der Waals surface area contributed by atoms with E-state index in [2.05, 4.69) is 69.0 Å². The molecular formula is C22H35ClN6. The zero-order valence-corrected chi connectivity index (χ0v) is 18.9. The zero-order chi connectivity index (χ0) is 19.5. The summed E-state index contributed by atoms with van der Waals surface area (Å²) in [5.74, 6) is 1.09. The molecular weight excluding hydrogens is 384 g/mol. The molecule has 160 valence electrons. The third-order valence-electron chi connectivity index (χ3n) is 6.72. The molecule has 0 radical (unpaired) electrons. The number of nitrogens with zero attached hydrogens (tertiary/aromatic N) is 6. The highest BCUT2D eigenvalue weighted by Gasteiger charge is 2.31. The summed E-state index contributed by atoms with van der Waals surface area (Å²) < 4.78 is 2.16. The van der Waals surface area contributed by atoms with Crippen molar-refractivity contribution in [3.8, 4) is 0 Å². The SMILES string of the molecule is CCCC(c1nnnn1C1CCCC1)N1CCN(c2cccc(C)c2C)CC1.Cl. The Morgan fingerprint density at radius 1 is 1.07 bits per heavy atom. The number of tetrazole rings is 1. The van der Waals surface area contributed by atoms with E-state index in [9.17, 15) is 0 Å². The van der Waals surface area contributed by atoms with Crippen molar-refractivity contribution >= 4 is 18.1 Å². The van der Waals surface area contributed by atoms with Crippen molar-refractivity contribution in [3.63, 3.8) is 0 Å². The second kappa shape index (κ2) is 9.90. The summed E-state index contributed by atoms with van der Waals surface area (Å²) in [6, 6.07) is 7.48. The number of rotatable bonds is 6. The van der Waals surface area contributed by atoms with Gasteiger partial charge >= 0.3 is 0 Å². The minimum atomic E-state index is 0. The van der Waals surface area contributed by atoms with Crippen molar-refractivity contribution in [2.75, 3.05) is 31.1 Å². The van der Waals surface area contributed by atoms with E-state index in [1.807, 2.05) is 0 Å². The highest BCUT2D eigenvalue weighted by molar-refractivity contribution is 5.85. The van der Waals surface area contributed by atoms with Gasteiger partial charge in [0.1, 0.15) is 0 Å². The van der Waals surface area contributed by atoms with Crippen LogP contribution in [0.2, 0.25) is 0 Å². The predicted molar refractivity (Wildman–Crippen MR) is 120 cm³/mol. The Labute approximate surface area is 181 Å². The Hall–Kier alpha value is -1.66. The smallest absolute Gasteiger partial charge is 0.168 e. The van der Waals surface area contributed by atoms with Gasteiger partial charge in [-0.05, 0) is 60.7 Å². The van der Waals surface area contributed by atoms with E-state index in [1.54, 1.807) is 0 Å². The lowest BCUT2D eigenvalue weighted by molar-refractivity contribution is 0.161. The summed E-state index contributed by atoms with van der Waals surface area (Å²) >= 11 is 0. The third-order valence-corrected chi connectivity index (χ3v) is 6.72. The van der Waals surface area contributed by atoms with Crippen molar-refractivity contribution in [1.29, 1.82) is 0 Å². The standard InChI is InChI=1S/C22H34N6.ClH/c1-4-8-21(22-23-24-25-28(22)19-10-5-6-11-19)27-15-13-26(14-16-27)20-12-7-9-17(2)18(20)3;/h7,9,12,19,21H,4-6,8,10-11,13-16H2,1-3H3;1H. The fourth-order valence-electron chi connectivity index (χ4n) is 4.93. The van der Waals surface area contributed by atoms with Gasteiger partial charge in [-0.2, -0.15) is 0 Å². The zero-order valence-electron chi connectivity index (χ0n) is 18.0. The van der Waals surface area contributed by atoms with Crippen LogP contribution in [0.15, 0.2) is 18.2 Å². The molecule has 0 spiro atoms. The molecule has 1 atom stereocenters. The molecule has 2 aromatic rings. The summed E-state index contributed by atoms with van der Waals surface area (Å²) in [4.78, 5) is 5.16. The first-order valence-electron chi connectivity index (χ1n) is 11.0. The van der Waals surface area contributed by atoms with Crippen LogP contribution in [0, 0.1) is 13.8 Å². The van der Waals surface area contributed by atoms with Crippen LogP contribution < -0.4 is 4.90 Å². The largest absolute Gasteiger partial charge is 0.369 e. The molecule has 0 bridgehead atoms. The number of hydrogen-bond acceptors (Lipinski definition) is 5. The van der Waals surface area contributed by atoms with Crippen LogP contribution in [0.1, 0.15) is 74.5 Å². The monoisotopic (exact) mass is 418 g/mol. The number of halogens is 1. The Bertz CT molecular complexity index is 777. The highest BCUT2D eigenvalue weighted by atomic mass is 35.5. The van der Waals surface area contributed by atoms with Crippen molar-refractivity contribution < 1.29 is 0 Å². The summed E-state index contributed by atoms with van der Waals surface area (Å²) in [5.41, 5.74) is 4.17. The molecule has 1 saturated heterocycles. The number of anilines is 1. The van der Waals surface area contributed by atoms with E-state index in [0.717, 1.165) is 44.8 Å². The van der Waals surface area contributed by atoms with Crippen molar-refractivity contribution in [3.05, 3.63) is 35.2 Å². The summed E-state index contributed by atoms with van der Waals surface area (Å²) in [6.45, 7) is 11.0. The molecule has 2 aliphatic rings. The quantitative estimate of drug-likeness (QED) is 0.691. The predicted octanol–water partition coefficient (Wildman–Crippen LogP) is 4.49. The van der Waals surface area contributed by atoms with E-state index in [0.29, 0.717) is 12.1 Å². The Kier molecular flexibility index (Phi) is 7.52. The lowest BCUT2D eigenvalue weighted by Crippen LogP contribution is -2.48. The van der Waals surface area contributed by atoms with Crippen LogP contribution in [0.25, 0.3) is 0 Å². The van der Waals surface area contributed by atoms with Gasteiger partial charge in [0.15, 0.2) is 5.82 Å². The fraction of sp³-hybridized carbons (Fsp3) is 0.682. The summed E-state index contributed by atoms with van der Waals surface area (Å²) in [7, 11) is 0. The summed E-state index contributed by atoms with van der Waals surface area (Å²) in [5, 5.41) is 13.0. The molecule has 1 aromatic carbocycles. The van der Waals surface area contributed by atoms with Crippen molar-refractivity contribution in [1.82, 2.24) is 25.1 Å². The molecule has 4 rings (SSSR count). The highest BCUT2D eigenvalue weighted by Crippen LogP contribution is 2.33. The van der Waals surface area contributed by atoms with E-state index < -0.39 is 0 Å². The molecule has 1 saturated carbocycles. The Morgan fingerprint density at radius 2 is 1.79 bits per heavy atom. The number of benzene rings is 1. The van der Waals surface area contributed by atoms with Gasteiger partial charge in [0.25, 0.3) is 0 Å². The van der Waals surface area contributed by atoms with Gasteiger partial charge in [0.05, 0.1) is 12.1 Å². The molecule has 29 heavy (non-hydrogen) atoms. The molecule has 0 N–H and O–H groups in total. The lowest BCUT2D eigenvalue weighted by Gasteiger charge is -2.40. The first kappa shape index (κ1) is 22.0. The number of aryl methyl sites for hydroxylation is 1. The van der Waals surface area contributed by atoms with E-state index in [4.69, 9.17) is 0 Å². The van der Waals surface area contributed by atoms with Crippen LogP contribution >= 0.6 is 12.4 Å². The molecule has 1 aliphatic heterocycles. The maximum Gasteiger partial charge on any atom is 0.168 e. The minimum absolute atomic E-state index is 0. The van der Waals surface area contributed by atoms with Crippen LogP contribution in [-0.2, 0) is 0 Å². The lowest BCUT2D eigenvalue weighted by atomic mass is 10.0. The normalized spacial score (nSPS) is 19.3. The van der Waals surface area contributed by atoms with Crippen LogP contribution in [0.5, 0.6) is 0 Å². The molecule has 2 heterocycles. The summed E-state index contributed by atoms with van der Waals surface area (Å²) in [6.07, 6.45) is 7.32. The third kappa shape index (κ3) is 4.58. The maximum atomic E-state index is 4.50. The fourth-order valence-corrected chi connectivity index (χ4v) is 4.93. The van der Waals surface area contributed by atoms with Crippen LogP contribution in [0.3, 0.4) is 0 Å². The maximum absolute atomic E-state index is 4.50. The Morgan fingerprint density at radius 3 is 2.48 bits per heavy atom. The van der Waals surface area contributed by atoms with Gasteiger partial charge in [-0.1, -0.05) is 38.3 Å². The molecule has 2 fully saturated rings. The minimum Gasteiger partial charge on any atom is -0.369 e. The number of piperazine rings is 1. The van der Waals surface area contributed by atoms with Gasteiger partial charge in [0.2, 0.25) is 0 Å². The van der Waals surface area contributed by atoms with Crippen molar-refractivity contribution in [2.45, 2.75) is 71.4 Å². The Balaban J connectivity index is 0.00000240. The van der Waals surface area contributed by atoms with E-state index >= 15 is 0 Å². The van der Waals surface area contributed by atoms with Gasteiger partial charge in [-0.15, -0.1) is 17.5 Å².